The second-order valence-electron chi connectivity index (χ2n) is 1.96. The van der Waals surface area contributed by atoms with Crippen LogP contribution >= 0.6 is 0 Å². The summed E-state index contributed by atoms with van der Waals surface area (Å²) in [5.41, 5.74) is 0. The summed E-state index contributed by atoms with van der Waals surface area (Å²) in [4.78, 5) is 0. The van der Waals surface area contributed by atoms with Crippen molar-refractivity contribution in [3.05, 3.63) is 0 Å². The molecule has 0 aromatic rings. The Balaban J connectivity index is 4.22. The van der Waals surface area contributed by atoms with E-state index in [1.807, 2.05) is 0 Å². The maximum Gasteiger partial charge on any atom is 0.405 e. The highest BCUT2D eigenvalue weighted by atomic mass is 32.2. The van der Waals surface area contributed by atoms with Gasteiger partial charge in [0.25, 0.3) is 0 Å². The van der Waals surface area contributed by atoms with Crippen molar-refractivity contribution < 1.29 is 17.4 Å². The van der Waals surface area contributed by atoms with E-state index < -0.39 is 28.6 Å². The average Bonchev–Trinajstić information content (AvgIpc) is 1.79. The standard InChI is InChI=1S/C5H6F3NOS/c1-11(10)3-4(2-9)5(6,7)8/h4H,3H2,1H3. The Morgan fingerprint density at radius 1 is 1.64 bits per heavy atom. The highest BCUT2D eigenvalue weighted by Gasteiger charge is 2.40. The maximum atomic E-state index is 11.7. The van der Waals surface area contributed by atoms with Gasteiger partial charge in [0.2, 0.25) is 0 Å². The van der Waals surface area contributed by atoms with E-state index in [4.69, 9.17) is 5.26 Å². The molecule has 0 aromatic carbocycles. The van der Waals surface area contributed by atoms with Crippen LogP contribution in [-0.4, -0.2) is 22.4 Å². The minimum absolute atomic E-state index is 0.639. The SMILES string of the molecule is CS(=O)CC(C#N)C(F)(F)F. The molecule has 11 heavy (non-hydrogen) atoms. The van der Waals surface area contributed by atoms with E-state index >= 15 is 0 Å². The molecule has 0 aromatic heterocycles. The number of rotatable bonds is 2. The number of hydrogen-bond donors (Lipinski definition) is 0. The fraction of sp³-hybridized carbons (Fsp3) is 0.800. The largest absolute Gasteiger partial charge is 0.405 e. The zero-order valence-corrected chi connectivity index (χ0v) is 6.50. The van der Waals surface area contributed by atoms with Crippen molar-refractivity contribution >= 4 is 10.8 Å². The van der Waals surface area contributed by atoms with Gasteiger partial charge in [0.15, 0.2) is 5.92 Å². The molecular formula is C5H6F3NOS. The molecule has 0 heterocycles. The van der Waals surface area contributed by atoms with E-state index in [1.54, 1.807) is 0 Å². The lowest BCUT2D eigenvalue weighted by molar-refractivity contribution is -0.153. The topological polar surface area (TPSA) is 40.9 Å². The van der Waals surface area contributed by atoms with E-state index in [0.29, 0.717) is 0 Å². The molecule has 0 fully saturated rings. The number of hydrogen-bond acceptors (Lipinski definition) is 2. The second kappa shape index (κ2) is 3.72. The van der Waals surface area contributed by atoms with Crippen LogP contribution in [0.5, 0.6) is 0 Å². The van der Waals surface area contributed by atoms with Crippen molar-refractivity contribution in [3.8, 4) is 6.07 Å². The van der Waals surface area contributed by atoms with Crippen LogP contribution in [0.25, 0.3) is 0 Å². The Morgan fingerprint density at radius 3 is 2.18 bits per heavy atom. The van der Waals surface area contributed by atoms with Crippen LogP contribution in [0.15, 0.2) is 0 Å². The molecule has 0 spiro atoms. The van der Waals surface area contributed by atoms with Gasteiger partial charge in [-0.05, 0) is 0 Å². The Kier molecular flexibility index (Phi) is 3.52. The molecule has 2 unspecified atom stereocenters. The third-order valence-electron chi connectivity index (χ3n) is 0.952. The maximum absolute atomic E-state index is 11.7. The van der Waals surface area contributed by atoms with Crippen LogP contribution < -0.4 is 0 Å². The molecule has 0 saturated heterocycles. The van der Waals surface area contributed by atoms with Gasteiger partial charge in [0.1, 0.15) is 0 Å². The highest BCUT2D eigenvalue weighted by Crippen LogP contribution is 2.25. The summed E-state index contributed by atoms with van der Waals surface area (Å²) in [6.07, 6.45) is -3.42. The third-order valence-corrected chi connectivity index (χ3v) is 1.76. The zero-order valence-electron chi connectivity index (χ0n) is 5.68. The zero-order chi connectivity index (χ0) is 9.07. The number of nitrogens with zero attached hydrogens (tertiary/aromatic N) is 1. The molecular weight excluding hydrogens is 179 g/mol. The van der Waals surface area contributed by atoms with Crippen molar-refractivity contribution in [2.24, 2.45) is 5.92 Å². The van der Waals surface area contributed by atoms with E-state index in [2.05, 4.69) is 0 Å². The van der Waals surface area contributed by atoms with Crippen LogP contribution in [0.1, 0.15) is 0 Å². The molecule has 0 bridgehead atoms. The van der Waals surface area contributed by atoms with Crippen molar-refractivity contribution in [2.45, 2.75) is 6.18 Å². The van der Waals surface area contributed by atoms with Crippen LogP contribution in [0.3, 0.4) is 0 Å². The molecule has 6 heteroatoms. The predicted octanol–water partition coefficient (Wildman–Crippen LogP) is 1.07. The number of nitriles is 1. The van der Waals surface area contributed by atoms with Crippen LogP contribution in [0.4, 0.5) is 13.2 Å². The Labute approximate surface area is 64.5 Å². The normalized spacial score (nSPS) is 17.0. The fourth-order valence-electron chi connectivity index (χ4n) is 0.440. The van der Waals surface area contributed by atoms with Crippen molar-refractivity contribution in [3.63, 3.8) is 0 Å². The van der Waals surface area contributed by atoms with Crippen LogP contribution in [0, 0.1) is 17.2 Å². The Hall–Kier alpha value is -0.570. The van der Waals surface area contributed by atoms with Gasteiger partial charge >= 0.3 is 6.18 Å². The van der Waals surface area contributed by atoms with Gasteiger partial charge in [-0.2, -0.15) is 18.4 Å². The molecule has 2 nitrogen and oxygen atoms in total. The monoisotopic (exact) mass is 185 g/mol. The molecule has 0 aliphatic carbocycles. The number of halogens is 3. The lowest BCUT2D eigenvalue weighted by Crippen LogP contribution is -2.26. The first kappa shape index (κ1) is 10.4. The van der Waals surface area contributed by atoms with Crippen molar-refractivity contribution in [1.29, 1.82) is 5.26 Å². The summed E-state index contributed by atoms with van der Waals surface area (Å²) in [6, 6.07) is 1.06. The van der Waals surface area contributed by atoms with E-state index in [1.165, 1.54) is 0 Å². The molecule has 0 saturated carbocycles. The summed E-state index contributed by atoms with van der Waals surface area (Å²) < 4.78 is 45.5. The highest BCUT2D eigenvalue weighted by molar-refractivity contribution is 7.84. The van der Waals surface area contributed by atoms with Gasteiger partial charge in [0, 0.05) is 22.8 Å². The summed E-state index contributed by atoms with van der Waals surface area (Å²) in [5.74, 6) is -2.74. The van der Waals surface area contributed by atoms with Gasteiger partial charge in [-0.3, -0.25) is 4.21 Å². The quantitative estimate of drug-likeness (QED) is 0.645. The van der Waals surface area contributed by atoms with Gasteiger partial charge in [-0.25, -0.2) is 0 Å². The molecule has 0 N–H and O–H groups in total. The summed E-state index contributed by atoms with van der Waals surface area (Å²) in [6.45, 7) is 0. The summed E-state index contributed by atoms with van der Waals surface area (Å²) in [7, 11) is -1.58. The molecule has 0 rings (SSSR count). The average molecular weight is 185 g/mol. The van der Waals surface area contributed by atoms with E-state index in [-0.39, 0.29) is 0 Å². The van der Waals surface area contributed by atoms with Crippen LogP contribution in [-0.2, 0) is 10.8 Å². The smallest absolute Gasteiger partial charge is 0.260 e. The lowest BCUT2D eigenvalue weighted by Gasteiger charge is -2.10. The third kappa shape index (κ3) is 3.98. The molecule has 0 aliphatic heterocycles. The van der Waals surface area contributed by atoms with Gasteiger partial charge in [0.05, 0.1) is 6.07 Å². The predicted molar refractivity (Wildman–Crippen MR) is 34.1 cm³/mol. The molecule has 0 amide bonds. The molecule has 0 aliphatic rings. The minimum atomic E-state index is -4.56. The molecule has 0 radical (unpaired) electrons. The first-order valence-corrected chi connectivity index (χ1v) is 4.37. The Bertz CT molecular complexity index is 195. The summed E-state index contributed by atoms with van der Waals surface area (Å²) >= 11 is 0. The number of alkyl halides is 3. The van der Waals surface area contributed by atoms with Gasteiger partial charge in [-0.15, -0.1) is 0 Å². The molecule has 64 valence electrons. The minimum Gasteiger partial charge on any atom is -0.260 e. The summed E-state index contributed by atoms with van der Waals surface area (Å²) in [5, 5.41) is 8.01. The van der Waals surface area contributed by atoms with E-state index in [9.17, 15) is 17.4 Å². The molecule has 2 atom stereocenters. The fourth-order valence-corrected chi connectivity index (χ4v) is 1.17. The Morgan fingerprint density at radius 2 is 2.09 bits per heavy atom. The first-order chi connectivity index (χ1) is 4.88. The van der Waals surface area contributed by atoms with Gasteiger partial charge in [-0.1, -0.05) is 0 Å². The first-order valence-electron chi connectivity index (χ1n) is 2.64. The van der Waals surface area contributed by atoms with Crippen LogP contribution in [0.2, 0.25) is 0 Å². The van der Waals surface area contributed by atoms with Gasteiger partial charge < -0.3 is 0 Å². The lowest BCUT2D eigenvalue weighted by atomic mass is 10.2. The second-order valence-corrected chi connectivity index (χ2v) is 3.44. The van der Waals surface area contributed by atoms with Crippen molar-refractivity contribution in [1.82, 2.24) is 0 Å². The van der Waals surface area contributed by atoms with Crippen molar-refractivity contribution in [2.75, 3.05) is 12.0 Å². The van der Waals surface area contributed by atoms with E-state index in [0.717, 1.165) is 12.3 Å².